The average molecular weight is 109 g/mol. The summed E-state index contributed by atoms with van der Waals surface area (Å²) in [4.78, 5) is 0. The summed E-state index contributed by atoms with van der Waals surface area (Å²) in [6, 6.07) is 0. The minimum Gasteiger partial charge on any atom is -0.392 e. The van der Waals surface area contributed by atoms with E-state index in [1.54, 1.807) is 0 Å². The maximum absolute atomic E-state index is 8.53. The van der Waals surface area contributed by atoms with Crippen LogP contribution >= 0.6 is 11.6 Å². The molecule has 6 heavy (non-hydrogen) atoms. The van der Waals surface area contributed by atoms with E-state index >= 15 is 0 Å². The van der Waals surface area contributed by atoms with Crippen molar-refractivity contribution in [1.82, 2.24) is 0 Å². The van der Waals surface area contributed by atoms with Crippen LogP contribution in [0.5, 0.6) is 0 Å². The Morgan fingerprint density at radius 2 is 2.33 bits per heavy atom. The van der Waals surface area contributed by atoms with Gasteiger partial charge in [0.2, 0.25) is 0 Å². The Morgan fingerprint density at radius 3 is 2.33 bits per heavy atom. The van der Waals surface area contributed by atoms with E-state index in [0.29, 0.717) is 5.88 Å². The zero-order valence-corrected chi connectivity index (χ0v) is 4.57. The molecule has 0 unspecified atom stereocenters. The van der Waals surface area contributed by atoms with Gasteiger partial charge in [0.1, 0.15) is 0 Å². The van der Waals surface area contributed by atoms with Crippen LogP contribution in [-0.2, 0) is 0 Å². The summed E-state index contributed by atoms with van der Waals surface area (Å²) in [6.45, 7) is 1.90. The molecule has 0 aliphatic rings. The van der Waals surface area contributed by atoms with Gasteiger partial charge < -0.3 is 5.11 Å². The van der Waals surface area contributed by atoms with Crippen molar-refractivity contribution in [1.29, 1.82) is 0 Å². The normalized spacial score (nSPS) is 14.5. The van der Waals surface area contributed by atoms with E-state index in [0.717, 1.165) is 6.42 Å². The van der Waals surface area contributed by atoms with Crippen LogP contribution in [0.4, 0.5) is 0 Å². The number of aliphatic hydroxyl groups excluding tert-OH is 1. The molecule has 0 aromatic heterocycles. The molecule has 0 saturated heterocycles. The minimum atomic E-state index is -0.299. The monoisotopic (exact) mass is 108 g/mol. The smallest absolute Gasteiger partial charge is 0.0672 e. The van der Waals surface area contributed by atoms with Crippen molar-refractivity contribution in [2.24, 2.45) is 0 Å². The van der Waals surface area contributed by atoms with Crippen molar-refractivity contribution >= 4 is 11.6 Å². The molecule has 0 fully saturated rings. The number of halogens is 1. The molecule has 1 nitrogen and oxygen atoms in total. The Labute approximate surface area is 42.9 Å². The Balaban J connectivity index is 2.75. The molecule has 0 aliphatic heterocycles. The highest BCUT2D eigenvalue weighted by Gasteiger charge is 1.92. The lowest BCUT2D eigenvalue weighted by molar-refractivity contribution is 0.194. The van der Waals surface area contributed by atoms with Crippen LogP contribution in [0.2, 0.25) is 0 Å². The highest BCUT2D eigenvalue weighted by Crippen LogP contribution is 1.90. The lowest BCUT2D eigenvalue weighted by Crippen LogP contribution is -2.04. The molecule has 0 heterocycles. The maximum Gasteiger partial charge on any atom is 0.0672 e. The van der Waals surface area contributed by atoms with Gasteiger partial charge in [-0.05, 0) is 6.42 Å². The van der Waals surface area contributed by atoms with Crippen LogP contribution in [0.25, 0.3) is 0 Å². The lowest BCUT2D eigenvalue weighted by atomic mass is 10.3. The highest BCUT2D eigenvalue weighted by atomic mass is 35.5. The summed E-state index contributed by atoms with van der Waals surface area (Å²) < 4.78 is 0. The van der Waals surface area contributed by atoms with Crippen molar-refractivity contribution in [3.05, 3.63) is 0 Å². The van der Waals surface area contributed by atoms with Gasteiger partial charge in [-0.1, -0.05) is 6.92 Å². The molecular weight excluding hydrogens is 99.5 g/mol. The Bertz CT molecular complexity index is 26.7. The lowest BCUT2D eigenvalue weighted by Gasteiger charge is -1.96. The van der Waals surface area contributed by atoms with Gasteiger partial charge in [0, 0.05) is 5.88 Å². The molecule has 0 saturated carbocycles. The van der Waals surface area contributed by atoms with Gasteiger partial charge in [0.25, 0.3) is 0 Å². The summed E-state index contributed by atoms with van der Waals surface area (Å²) in [5, 5.41) is 8.53. The molecule has 0 aromatic rings. The molecule has 1 N–H and O–H groups in total. The summed E-state index contributed by atoms with van der Waals surface area (Å²) >= 11 is 5.20. The number of hydrogen-bond acceptors (Lipinski definition) is 1. The Kier molecular flexibility index (Phi) is 3.58. The molecule has 0 radical (unpaired) electrons. The van der Waals surface area contributed by atoms with Crippen molar-refractivity contribution < 1.29 is 5.11 Å². The quantitative estimate of drug-likeness (QED) is 0.524. The van der Waals surface area contributed by atoms with Gasteiger partial charge in [-0.3, -0.25) is 0 Å². The average Bonchev–Trinajstić information content (AvgIpc) is 1.65. The van der Waals surface area contributed by atoms with Crippen LogP contribution < -0.4 is 0 Å². The predicted molar refractivity (Wildman–Crippen MR) is 27.0 cm³/mol. The fourth-order valence-corrected chi connectivity index (χ4v) is 0.327. The molecule has 0 aromatic carbocycles. The second kappa shape index (κ2) is 3.44. The van der Waals surface area contributed by atoms with Crippen LogP contribution in [0.15, 0.2) is 0 Å². The van der Waals surface area contributed by atoms with E-state index in [1.165, 1.54) is 0 Å². The highest BCUT2D eigenvalue weighted by molar-refractivity contribution is 6.18. The molecule has 2 heteroatoms. The molecule has 0 aliphatic carbocycles. The second-order valence-corrected chi connectivity index (χ2v) is 1.52. The van der Waals surface area contributed by atoms with Crippen molar-refractivity contribution in [2.75, 3.05) is 5.88 Å². The van der Waals surface area contributed by atoms with E-state index in [2.05, 4.69) is 0 Å². The van der Waals surface area contributed by atoms with E-state index < -0.39 is 0 Å². The van der Waals surface area contributed by atoms with E-state index in [4.69, 9.17) is 16.7 Å². The van der Waals surface area contributed by atoms with Gasteiger partial charge in [-0.2, -0.15) is 0 Å². The maximum atomic E-state index is 8.53. The molecule has 0 spiro atoms. The molecule has 0 rings (SSSR count). The fourth-order valence-electron chi connectivity index (χ4n) is 0.109. The van der Waals surface area contributed by atoms with E-state index in [1.807, 2.05) is 6.92 Å². The summed E-state index contributed by atoms with van der Waals surface area (Å²) in [5.41, 5.74) is 0. The molecule has 0 amide bonds. The first kappa shape index (κ1) is 6.25. The minimum absolute atomic E-state index is 0.299. The van der Waals surface area contributed by atoms with Gasteiger partial charge in [-0.15, -0.1) is 11.6 Å². The SMILES string of the molecule is CC[C@H](O)CCl. The number of hydrogen-bond donors (Lipinski definition) is 1. The zero-order valence-electron chi connectivity index (χ0n) is 3.82. The summed E-state index contributed by atoms with van der Waals surface area (Å²) in [6.07, 6.45) is 0.454. The van der Waals surface area contributed by atoms with Gasteiger partial charge in [-0.25, -0.2) is 0 Å². The first-order valence-corrected chi connectivity index (χ1v) is 2.58. The van der Waals surface area contributed by atoms with Crippen LogP contribution in [0.3, 0.4) is 0 Å². The molecular formula is C4H9ClO. The van der Waals surface area contributed by atoms with Crippen molar-refractivity contribution in [2.45, 2.75) is 19.4 Å². The predicted octanol–water partition coefficient (Wildman–Crippen LogP) is 0.996. The Morgan fingerprint density at radius 1 is 1.83 bits per heavy atom. The van der Waals surface area contributed by atoms with Gasteiger partial charge in [0.05, 0.1) is 6.10 Å². The molecule has 0 bridgehead atoms. The number of alkyl halides is 1. The third kappa shape index (κ3) is 2.49. The van der Waals surface area contributed by atoms with Crippen LogP contribution in [0.1, 0.15) is 13.3 Å². The van der Waals surface area contributed by atoms with Crippen LogP contribution in [-0.4, -0.2) is 17.1 Å². The van der Waals surface area contributed by atoms with Gasteiger partial charge in [0.15, 0.2) is 0 Å². The standard InChI is InChI=1S/C4H9ClO/c1-2-4(6)3-5/h4,6H,2-3H2,1H3/t4-/m0/s1. The largest absolute Gasteiger partial charge is 0.392 e. The molecule has 38 valence electrons. The third-order valence-corrected chi connectivity index (χ3v) is 1.01. The molecule has 1 atom stereocenters. The second-order valence-electron chi connectivity index (χ2n) is 1.22. The number of rotatable bonds is 2. The first-order chi connectivity index (χ1) is 2.81. The van der Waals surface area contributed by atoms with Crippen LogP contribution in [0, 0.1) is 0 Å². The summed E-state index contributed by atoms with van der Waals surface area (Å²) in [5.74, 6) is 0.358. The van der Waals surface area contributed by atoms with E-state index in [-0.39, 0.29) is 6.10 Å². The Hall–Kier alpha value is 0.250. The van der Waals surface area contributed by atoms with Crippen molar-refractivity contribution in [3.8, 4) is 0 Å². The fraction of sp³-hybridized carbons (Fsp3) is 1.00. The van der Waals surface area contributed by atoms with Crippen molar-refractivity contribution in [3.63, 3.8) is 0 Å². The zero-order chi connectivity index (χ0) is 4.99. The number of aliphatic hydroxyl groups is 1. The first-order valence-electron chi connectivity index (χ1n) is 2.05. The van der Waals surface area contributed by atoms with Gasteiger partial charge >= 0.3 is 0 Å². The summed E-state index contributed by atoms with van der Waals surface area (Å²) in [7, 11) is 0. The topological polar surface area (TPSA) is 20.2 Å². The third-order valence-electron chi connectivity index (χ3n) is 0.649. The van der Waals surface area contributed by atoms with E-state index in [9.17, 15) is 0 Å².